The molecule has 1 rings (SSSR count). The molecule has 1 radical (unpaired) electrons. The molecule has 0 heterocycles. The van der Waals surface area contributed by atoms with E-state index in [1.54, 1.807) is 39.0 Å². The van der Waals surface area contributed by atoms with Gasteiger partial charge in [0.1, 0.15) is 5.60 Å². The zero-order valence-corrected chi connectivity index (χ0v) is 9.70. The number of ether oxygens (including phenoxy) is 1. The van der Waals surface area contributed by atoms with Crippen molar-refractivity contribution >= 4 is 11.8 Å². The molecule has 87 valence electrons. The van der Waals surface area contributed by atoms with Crippen molar-refractivity contribution in [1.82, 2.24) is 0 Å². The van der Waals surface area contributed by atoms with Crippen LogP contribution in [0.3, 0.4) is 0 Å². The van der Waals surface area contributed by atoms with Gasteiger partial charge in [0.05, 0.1) is 6.61 Å². The maximum absolute atomic E-state index is 11.4. The lowest BCUT2D eigenvalue weighted by atomic mass is 10.2. The van der Waals surface area contributed by atoms with Crippen LogP contribution in [0.1, 0.15) is 26.3 Å². The number of amides is 1. The van der Waals surface area contributed by atoms with Crippen LogP contribution in [0.15, 0.2) is 18.2 Å². The number of hydrogen-bond acceptors (Lipinski definition) is 3. The van der Waals surface area contributed by atoms with E-state index in [0.717, 1.165) is 0 Å². The van der Waals surface area contributed by atoms with E-state index in [-0.39, 0.29) is 6.61 Å². The molecule has 0 unspecified atom stereocenters. The summed E-state index contributed by atoms with van der Waals surface area (Å²) in [7, 11) is 0. The zero-order valence-electron chi connectivity index (χ0n) is 9.70. The Kier molecular flexibility index (Phi) is 3.90. The first-order valence-corrected chi connectivity index (χ1v) is 5.01. The Bertz CT molecular complexity index is 369. The Hall–Kier alpha value is -1.55. The van der Waals surface area contributed by atoms with Crippen molar-refractivity contribution in [3.8, 4) is 0 Å². The molecule has 0 saturated carbocycles. The van der Waals surface area contributed by atoms with E-state index in [0.29, 0.717) is 11.3 Å². The normalized spacial score (nSPS) is 11.0. The second-order valence-electron chi connectivity index (χ2n) is 4.41. The molecule has 0 aliphatic heterocycles. The Labute approximate surface area is 95.2 Å². The summed E-state index contributed by atoms with van der Waals surface area (Å²) in [6, 6.07) is 7.75. The summed E-state index contributed by atoms with van der Waals surface area (Å²) >= 11 is 0. The van der Waals surface area contributed by atoms with Crippen molar-refractivity contribution in [3.63, 3.8) is 0 Å². The fraction of sp³-hybridized carbons (Fsp3) is 0.417. The van der Waals surface area contributed by atoms with Crippen LogP contribution in [0.25, 0.3) is 0 Å². The molecule has 0 aliphatic rings. The number of carbonyl (C=O) groups excluding carboxylic acids is 1. The van der Waals surface area contributed by atoms with Gasteiger partial charge in [0.25, 0.3) is 0 Å². The number of hydrogen-bond donors (Lipinski definition) is 2. The minimum atomic E-state index is -0.525. The van der Waals surface area contributed by atoms with Crippen LogP contribution in [0.5, 0.6) is 0 Å². The number of rotatable bonds is 2. The summed E-state index contributed by atoms with van der Waals surface area (Å²) in [6.45, 7) is 5.30. The number of aliphatic hydroxyl groups excluding tert-OH is 1. The maximum atomic E-state index is 11.4. The molecule has 0 aromatic heterocycles. The predicted octanol–water partition coefficient (Wildman–Crippen LogP) is 2.33. The monoisotopic (exact) mass is 222 g/mol. The van der Waals surface area contributed by atoms with Crippen LogP contribution in [-0.4, -0.2) is 16.8 Å². The molecule has 0 fully saturated rings. The van der Waals surface area contributed by atoms with E-state index in [1.165, 1.54) is 0 Å². The number of nitrogens with one attached hydrogen (secondary N) is 1. The molecule has 1 aromatic carbocycles. The van der Waals surface area contributed by atoms with E-state index in [4.69, 9.17) is 9.84 Å². The molecular formula is C12H16NO3. The smallest absolute Gasteiger partial charge is 0.412 e. The molecule has 16 heavy (non-hydrogen) atoms. The number of benzene rings is 1. The van der Waals surface area contributed by atoms with Crippen molar-refractivity contribution in [1.29, 1.82) is 0 Å². The molecule has 0 aliphatic carbocycles. The molecular weight excluding hydrogens is 206 g/mol. The van der Waals surface area contributed by atoms with Gasteiger partial charge in [-0.05, 0) is 50.6 Å². The van der Waals surface area contributed by atoms with Crippen molar-refractivity contribution in [2.24, 2.45) is 0 Å². The number of anilines is 1. The van der Waals surface area contributed by atoms with Crippen LogP contribution >= 0.6 is 0 Å². The highest BCUT2D eigenvalue weighted by molar-refractivity contribution is 5.84. The molecule has 1 aromatic rings. The quantitative estimate of drug-likeness (QED) is 0.807. The summed E-state index contributed by atoms with van der Waals surface area (Å²) in [6.07, 6.45) is -0.518. The van der Waals surface area contributed by atoms with Gasteiger partial charge in [0, 0.05) is 5.69 Å². The summed E-state index contributed by atoms with van der Waals surface area (Å²) in [5.74, 6) is 0. The predicted molar refractivity (Wildman–Crippen MR) is 61.1 cm³/mol. The highest BCUT2D eigenvalue weighted by Gasteiger charge is 2.16. The lowest BCUT2D eigenvalue weighted by Crippen LogP contribution is -2.27. The van der Waals surface area contributed by atoms with Gasteiger partial charge in [-0.3, -0.25) is 5.32 Å². The van der Waals surface area contributed by atoms with Gasteiger partial charge in [-0.25, -0.2) is 4.79 Å². The summed E-state index contributed by atoms with van der Waals surface area (Å²) < 4.78 is 5.09. The third kappa shape index (κ3) is 4.31. The second kappa shape index (κ2) is 4.99. The molecule has 4 nitrogen and oxygen atoms in total. The van der Waals surface area contributed by atoms with Crippen molar-refractivity contribution in [3.05, 3.63) is 29.8 Å². The first kappa shape index (κ1) is 12.5. The average molecular weight is 222 g/mol. The third-order valence-electron chi connectivity index (χ3n) is 1.68. The lowest BCUT2D eigenvalue weighted by molar-refractivity contribution is 0.0636. The Morgan fingerprint density at radius 1 is 1.50 bits per heavy atom. The van der Waals surface area contributed by atoms with E-state index in [2.05, 4.69) is 11.4 Å². The van der Waals surface area contributed by atoms with E-state index >= 15 is 0 Å². The molecule has 2 N–H and O–H groups in total. The van der Waals surface area contributed by atoms with Crippen molar-refractivity contribution in [2.75, 3.05) is 5.32 Å². The Balaban J connectivity index is 2.62. The van der Waals surface area contributed by atoms with E-state index < -0.39 is 11.7 Å². The number of aliphatic hydroxyl groups is 1. The van der Waals surface area contributed by atoms with Crippen LogP contribution in [0.4, 0.5) is 10.5 Å². The van der Waals surface area contributed by atoms with Crippen LogP contribution in [0, 0.1) is 6.07 Å². The maximum Gasteiger partial charge on any atom is 0.412 e. The summed E-state index contributed by atoms with van der Waals surface area (Å²) in [5, 5.41) is 11.5. The Morgan fingerprint density at radius 3 is 2.75 bits per heavy atom. The van der Waals surface area contributed by atoms with Gasteiger partial charge in [-0.1, -0.05) is 0 Å². The first-order valence-electron chi connectivity index (χ1n) is 5.01. The van der Waals surface area contributed by atoms with Gasteiger partial charge in [0.2, 0.25) is 0 Å². The lowest BCUT2D eigenvalue weighted by Gasteiger charge is -2.19. The summed E-state index contributed by atoms with van der Waals surface area (Å²) in [4.78, 5) is 11.4. The molecule has 0 bridgehead atoms. The highest BCUT2D eigenvalue weighted by Crippen LogP contribution is 2.13. The van der Waals surface area contributed by atoms with Gasteiger partial charge in [-0.2, -0.15) is 0 Å². The van der Waals surface area contributed by atoms with E-state index in [9.17, 15) is 4.79 Å². The molecule has 1 amide bonds. The van der Waals surface area contributed by atoms with Crippen molar-refractivity contribution in [2.45, 2.75) is 33.0 Å². The average Bonchev–Trinajstić information content (AvgIpc) is 2.15. The molecule has 0 saturated heterocycles. The molecule has 4 heteroatoms. The fourth-order valence-corrected chi connectivity index (χ4v) is 1.11. The third-order valence-corrected chi connectivity index (χ3v) is 1.68. The first-order chi connectivity index (χ1) is 7.40. The van der Waals surface area contributed by atoms with Gasteiger partial charge in [-0.15, -0.1) is 0 Å². The SMILES string of the molecule is CC(C)(C)OC(=O)Nc1c[c]cc(CO)c1. The van der Waals surface area contributed by atoms with Crippen LogP contribution in [-0.2, 0) is 11.3 Å². The van der Waals surface area contributed by atoms with Gasteiger partial charge in [0.15, 0.2) is 0 Å². The summed E-state index contributed by atoms with van der Waals surface area (Å²) in [5.41, 5.74) is 0.719. The van der Waals surface area contributed by atoms with Gasteiger partial charge < -0.3 is 9.84 Å². The minimum absolute atomic E-state index is 0.0830. The fourth-order valence-electron chi connectivity index (χ4n) is 1.11. The zero-order chi connectivity index (χ0) is 12.2. The van der Waals surface area contributed by atoms with Gasteiger partial charge >= 0.3 is 6.09 Å². The topological polar surface area (TPSA) is 58.6 Å². The molecule has 0 spiro atoms. The van der Waals surface area contributed by atoms with Crippen molar-refractivity contribution < 1.29 is 14.6 Å². The minimum Gasteiger partial charge on any atom is -0.444 e. The standard InChI is InChI=1S/C12H16NO3/c1-12(2,3)16-11(15)13-10-6-4-5-9(7-10)8-14/h5-7,14H,8H2,1-3H3,(H,13,15). The van der Waals surface area contributed by atoms with E-state index in [1.807, 2.05) is 0 Å². The van der Waals surface area contributed by atoms with Crippen LogP contribution in [0.2, 0.25) is 0 Å². The Morgan fingerprint density at radius 2 is 2.19 bits per heavy atom. The number of carbonyl (C=O) groups is 1. The highest BCUT2D eigenvalue weighted by atomic mass is 16.6. The van der Waals surface area contributed by atoms with Crippen LogP contribution < -0.4 is 5.32 Å². The second-order valence-corrected chi connectivity index (χ2v) is 4.41. The molecule has 0 atom stereocenters. The largest absolute Gasteiger partial charge is 0.444 e.